The normalized spacial score (nSPS) is 18.1. The Bertz CT molecular complexity index is 574. The summed E-state index contributed by atoms with van der Waals surface area (Å²) in [5, 5.41) is 5.06. The molecule has 0 aliphatic heterocycles. The highest BCUT2D eigenvalue weighted by molar-refractivity contribution is 7.09. The number of amides is 1. The maximum absolute atomic E-state index is 12.2. The highest BCUT2D eigenvalue weighted by atomic mass is 32.1. The maximum atomic E-state index is 12.2. The quantitative estimate of drug-likeness (QED) is 0.902. The zero-order valence-corrected chi connectivity index (χ0v) is 11.7. The molecule has 1 amide bonds. The molecule has 2 N–H and O–H groups in total. The van der Waals surface area contributed by atoms with Crippen molar-refractivity contribution in [2.45, 2.75) is 32.7 Å². The number of carbonyl (C=O) groups is 1. The molecular formula is C14H17N3OS. The number of H-pyrrole nitrogens is 1. The Hall–Kier alpha value is -1.62. The number of aromatic nitrogens is 2. The molecule has 0 saturated heterocycles. The molecule has 5 heteroatoms. The van der Waals surface area contributed by atoms with Crippen molar-refractivity contribution >= 4 is 17.2 Å². The number of fused-ring (bicyclic) bond motifs is 1. The number of carbonyl (C=O) groups excluding carboxylic acids is 1. The molecule has 1 atom stereocenters. The van der Waals surface area contributed by atoms with Crippen molar-refractivity contribution in [3.05, 3.63) is 39.6 Å². The number of hydrogen-bond donors (Lipinski definition) is 2. The smallest absolute Gasteiger partial charge is 0.223 e. The van der Waals surface area contributed by atoms with E-state index in [1.165, 1.54) is 4.88 Å². The van der Waals surface area contributed by atoms with Crippen LogP contribution >= 0.6 is 11.3 Å². The van der Waals surface area contributed by atoms with Crippen LogP contribution in [0.3, 0.4) is 0 Å². The first-order chi connectivity index (χ1) is 9.22. The van der Waals surface area contributed by atoms with Crippen molar-refractivity contribution in [2.24, 2.45) is 5.92 Å². The van der Waals surface area contributed by atoms with Crippen LogP contribution in [0.2, 0.25) is 0 Å². The zero-order chi connectivity index (χ0) is 13.2. The van der Waals surface area contributed by atoms with Crippen molar-refractivity contribution in [3.8, 4) is 0 Å². The number of imidazole rings is 1. The molecule has 2 aromatic rings. The van der Waals surface area contributed by atoms with Crippen LogP contribution in [-0.4, -0.2) is 15.9 Å². The van der Waals surface area contributed by atoms with E-state index < -0.39 is 0 Å². The average Bonchev–Trinajstić information content (AvgIpc) is 3.02. The summed E-state index contributed by atoms with van der Waals surface area (Å²) < 4.78 is 0. The van der Waals surface area contributed by atoms with Crippen molar-refractivity contribution in [3.63, 3.8) is 0 Å². The first kappa shape index (κ1) is 12.4. The van der Waals surface area contributed by atoms with Gasteiger partial charge in [-0.05, 0) is 31.2 Å². The number of nitrogens with one attached hydrogen (secondary N) is 2. The summed E-state index contributed by atoms with van der Waals surface area (Å²) in [5.41, 5.74) is 2.28. The van der Waals surface area contributed by atoms with Crippen LogP contribution in [0.5, 0.6) is 0 Å². The van der Waals surface area contributed by atoms with E-state index >= 15 is 0 Å². The van der Waals surface area contributed by atoms with Gasteiger partial charge in [-0.3, -0.25) is 4.79 Å². The predicted octanol–water partition coefficient (Wildman–Crippen LogP) is 2.20. The largest absolute Gasteiger partial charge is 0.351 e. The molecule has 2 aromatic heterocycles. The number of rotatable bonds is 3. The van der Waals surface area contributed by atoms with Gasteiger partial charge in [0.2, 0.25) is 5.91 Å². The lowest BCUT2D eigenvalue weighted by Gasteiger charge is -2.20. The molecule has 100 valence electrons. The fraction of sp³-hybridized carbons (Fsp3) is 0.429. The predicted molar refractivity (Wildman–Crippen MR) is 75.0 cm³/mol. The van der Waals surface area contributed by atoms with Crippen LogP contribution in [0.1, 0.15) is 28.5 Å². The maximum Gasteiger partial charge on any atom is 0.223 e. The van der Waals surface area contributed by atoms with E-state index in [0.717, 1.165) is 36.5 Å². The lowest BCUT2D eigenvalue weighted by molar-refractivity contribution is -0.125. The van der Waals surface area contributed by atoms with Crippen LogP contribution in [-0.2, 0) is 24.2 Å². The second kappa shape index (κ2) is 5.17. The first-order valence-corrected chi connectivity index (χ1v) is 7.45. The van der Waals surface area contributed by atoms with Gasteiger partial charge in [0.1, 0.15) is 5.82 Å². The third-order valence-corrected chi connectivity index (χ3v) is 4.43. The Labute approximate surface area is 116 Å². The van der Waals surface area contributed by atoms with Gasteiger partial charge in [-0.15, -0.1) is 11.3 Å². The van der Waals surface area contributed by atoms with Gasteiger partial charge in [0.15, 0.2) is 0 Å². The fourth-order valence-corrected chi connectivity index (χ4v) is 3.22. The van der Waals surface area contributed by atoms with Gasteiger partial charge in [0, 0.05) is 22.9 Å². The molecule has 4 nitrogen and oxygen atoms in total. The van der Waals surface area contributed by atoms with Crippen LogP contribution in [0.25, 0.3) is 0 Å². The highest BCUT2D eigenvalue weighted by Crippen LogP contribution is 2.24. The molecule has 0 radical (unpaired) electrons. The summed E-state index contributed by atoms with van der Waals surface area (Å²) in [5.74, 6) is 1.18. The van der Waals surface area contributed by atoms with Gasteiger partial charge in [-0.2, -0.15) is 0 Å². The fourth-order valence-electron chi connectivity index (χ4n) is 2.58. The number of aryl methyl sites for hydroxylation is 2. The van der Waals surface area contributed by atoms with Gasteiger partial charge < -0.3 is 10.3 Å². The van der Waals surface area contributed by atoms with Gasteiger partial charge in [-0.1, -0.05) is 6.07 Å². The van der Waals surface area contributed by atoms with E-state index in [9.17, 15) is 4.79 Å². The minimum Gasteiger partial charge on any atom is -0.351 e. The van der Waals surface area contributed by atoms with Crippen molar-refractivity contribution in [1.29, 1.82) is 0 Å². The molecule has 1 aliphatic carbocycles. The van der Waals surface area contributed by atoms with Crippen molar-refractivity contribution in [2.75, 3.05) is 0 Å². The Morgan fingerprint density at radius 3 is 3.32 bits per heavy atom. The Morgan fingerprint density at radius 1 is 1.63 bits per heavy atom. The third kappa shape index (κ3) is 2.71. The third-order valence-electron chi connectivity index (χ3n) is 3.55. The standard InChI is InChI=1S/C14H17N3OS/c1-9-16-12-5-4-10(7-13(12)17-9)14(18)15-8-11-3-2-6-19-11/h2-3,6,10H,4-5,7-8H2,1H3,(H,15,18)(H,16,17)/t10-/m0/s1. The van der Waals surface area contributed by atoms with Gasteiger partial charge in [-0.25, -0.2) is 4.98 Å². The summed E-state index contributed by atoms with van der Waals surface area (Å²) in [6.45, 7) is 2.60. The van der Waals surface area contributed by atoms with Crippen LogP contribution in [0.4, 0.5) is 0 Å². The molecule has 0 unspecified atom stereocenters. The number of thiophene rings is 1. The molecule has 0 saturated carbocycles. The number of nitrogens with zero attached hydrogens (tertiary/aromatic N) is 1. The van der Waals surface area contributed by atoms with Crippen LogP contribution in [0.15, 0.2) is 17.5 Å². The zero-order valence-electron chi connectivity index (χ0n) is 10.9. The van der Waals surface area contributed by atoms with Gasteiger partial charge in [0.25, 0.3) is 0 Å². The lowest BCUT2D eigenvalue weighted by atomic mass is 9.89. The van der Waals surface area contributed by atoms with E-state index in [-0.39, 0.29) is 11.8 Å². The van der Waals surface area contributed by atoms with Gasteiger partial charge >= 0.3 is 0 Å². The van der Waals surface area contributed by atoms with E-state index in [1.807, 2.05) is 24.4 Å². The SMILES string of the molecule is Cc1nc2c([nH]1)C[C@@H](C(=O)NCc1cccs1)CC2. The summed E-state index contributed by atoms with van der Waals surface area (Å²) >= 11 is 1.67. The second-order valence-corrected chi connectivity index (χ2v) is 6.02. The molecule has 0 fully saturated rings. The minimum atomic E-state index is 0.0762. The Balaban J connectivity index is 1.59. The minimum absolute atomic E-state index is 0.0762. The molecule has 19 heavy (non-hydrogen) atoms. The molecule has 3 rings (SSSR count). The number of aromatic amines is 1. The molecule has 1 aliphatic rings. The first-order valence-electron chi connectivity index (χ1n) is 6.57. The molecular weight excluding hydrogens is 258 g/mol. The molecule has 0 bridgehead atoms. The van der Waals surface area contributed by atoms with Crippen molar-refractivity contribution < 1.29 is 4.79 Å². The Morgan fingerprint density at radius 2 is 2.53 bits per heavy atom. The molecule has 2 heterocycles. The van der Waals surface area contributed by atoms with Crippen LogP contribution in [0, 0.1) is 12.8 Å². The Kier molecular flexibility index (Phi) is 3.38. The number of hydrogen-bond acceptors (Lipinski definition) is 3. The van der Waals surface area contributed by atoms with Gasteiger partial charge in [0.05, 0.1) is 12.2 Å². The highest BCUT2D eigenvalue weighted by Gasteiger charge is 2.26. The average molecular weight is 275 g/mol. The van der Waals surface area contributed by atoms with Crippen molar-refractivity contribution in [1.82, 2.24) is 15.3 Å². The second-order valence-electron chi connectivity index (χ2n) is 4.98. The van der Waals surface area contributed by atoms with E-state index in [0.29, 0.717) is 6.54 Å². The van der Waals surface area contributed by atoms with Crippen LogP contribution < -0.4 is 5.32 Å². The molecule has 0 aromatic carbocycles. The topological polar surface area (TPSA) is 57.8 Å². The van der Waals surface area contributed by atoms with E-state index in [4.69, 9.17) is 0 Å². The summed E-state index contributed by atoms with van der Waals surface area (Å²) in [7, 11) is 0. The summed E-state index contributed by atoms with van der Waals surface area (Å²) in [6, 6.07) is 4.05. The lowest BCUT2D eigenvalue weighted by Crippen LogP contribution is -2.33. The summed E-state index contributed by atoms with van der Waals surface area (Å²) in [4.78, 5) is 21.1. The van der Waals surface area contributed by atoms with E-state index in [1.54, 1.807) is 11.3 Å². The molecule has 0 spiro atoms. The van der Waals surface area contributed by atoms with E-state index in [2.05, 4.69) is 15.3 Å². The summed E-state index contributed by atoms with van der Waals surface area (Å²) in [6.07, 6.45) is 2.58. The monoisotopic (exact) mass is 275 g/mol.